The molecule has 0 saturated heterocycles. The van der Waals surface area contributed by atoms with E-state index in [2.05, 4.69) is 5.32 Å². The van der Waals surface area contributed by atoms with Crippen molar-refractivity contribution in [1.82, 2.24) is 5.32 Å². The van der Waals surface area contributed by atoms with Gasteiger partial charge in [-0.15, -0.1) is 0 Å². The number of carboxylic acid groups (broad SMARTS) is 1. The van der Waals surface area contributed by atoms with Crippen LogP contribution < -0.4 is 5.32 Å². The zero-order valence-electron chi connectivity index (χ0n) is 13.0. The van der Waals surface area contributed by atoms with Crippen LogP contribution in [0.25, 0.3) is 0 Å². The van der Waals surface area contributed by atoms with Gasteiger partial charge in [0.1, 0.15) is 12.4 Å². The molecule has 0 spiro atoms. The molecule has 1 atom stereocenters. The van der Waals surface area contributed by atoms with Gasteiger partial charge in [-0.05, 0) is 23.3 Å². The monoisotopic (exact) mass is 329 g/mol. The van der Waals surface area contributed by atoms with Crippen LogP contribution in [0.3, 0.4) is 0 Å². The number of carboxylic acids is 1. The number of hydrogen-bond donors (Lipinski definition) is 3. The summed E-state index contributed by atoms with van der Waals surface area (Å²) in [6.07, 6.45) is -0.739. The molecule has 1 unspecified atom stereocenters. The van der Waals surface area contributed by atoms with Gasteiger partial charge in [0.2, 0.25) is 0 Å². The van der Waals surface area contributed by atoms with Crippen molar-refractivity contribution in [3.63, 3.8) is 0 Å². The smallest absolute Gasteiger partial charge is 0.407 e. The Morgan fingerprint density at radius 1 is 1.04 bits per heavy atom. The first-order valence-electron chi connectivity index (χ1n) is 7.50. The van der Waals surface area contributed by atoms with E-state index in [1.54, 1.807) is 12.1 Å². The number of alkyl carbamates (subject to hydrolysis) is 1. The second-order valence-electron chi connectivity index (χ2n) is 5.33. The molecule has 0 bridgehead atoms. The molecule has 0 aliphatic heterocycles. The Labute approximate surface area is 139 Å². The second-order valence-corrected chi connectivity index (χ2v) is 5.33. The number of carbonyl (C=O) groups is 2. The van der Waals surface area contributed by atoms with Gasteiger partial charge in [0.15, 0.2) is 0 Å². The van der Waals surface area contributed by atoms with E-state index >= 15 is 0 Å². The van der Waals surface area contributed by atoms with Gasteiger partial charge in [0.05, 0.1) is 6.42 Å². The van der Waals surface area contributed by atoms with Gasteiger partial charge in [0.25, 0.3) is 0 Å². The molecule has 0 saturated carbocycles. The fraction of sp³-hybridized carbons (Fsp3) is 0.222. The average molecular weight is 329 g/mol. The molecule has 126 valence electrons. The molecule has 0 heterocycles. The van der Waals surface area contributed by atoms with Crippen LogP contribution in [-0.4, -0.2) is 28.8 Å². The molecule has 24 heavy (non-hydrogen) atoms. The third-order valence-corrected chi connectivity index (χ3v) is 3.49. The molecule has 0 aliphatic rings. The topological polar surface area (TPSA) is 95.9 Å². The fourth-order valence-corrected chi connectivity index (χ4v) is 2.25. The van der Waals surface area contributed by atoms with Crippen LogP contribution in [0.15, 0.2) is 54.6 Å². The molecule has 2 aromatic carbocycles. The van der Waals surface area contributed by atoms with E-state index in [0.717, 1.165) is 11.1 Å². The molecule has 0 aromatic heterocycles. The number of aromatic hydroxyl groups is 1. The average Bonchev–Trinajstić information content (AvgIpc) is 2.58. The first kappa shape index (κ1) is 17.3. The van der Waals surface area contributed by atoms with Crippen molar-refractivity contribution in [1.29, 1.82) is 0 Å². The Balaban J connectivity index is 1.88. The SMILES string of the molecule is O=C(O)CC(CNC(=O)OCc1ccccc1)c1ccc(O)cc1. The van der Waals surface area contributed by atoms with Crippen molar-refractivity contribution < 1.29 is 24.5 Å². The third-order valence-electron chi connectivity index (χ3n) is 3.49. The van der Waals surface area contributed by atoms with Crippen LogP contribution in [0, 0.1) is 0 Å². The minimum absolute atomic E-state index is 0.100. The highest BCUT2D eigenvalue weighted by Gasteiger charge is 2.17. The van der Waals surface area contributed by atoms with Gasteiger partial charge < -0.3 is 20.3 Å². The van der Waals surface area contributed by atoms with Crippen LogP contribution in [-0.2, 0) is 16.1 Å². The normalized spacial score (nSPS) is 11.5. The van der Waals surface area contributed by atoms with Crippen molar-refractivity contribution in [2.75, 3.05) is 6.54 Å². The lowest BCUT2D eigenvalue weighted by atomic mass is 9.95. The van der Waals surface area contributed by atoms with E-state index in [1.165, 1.54) is 12.1 Å². The van der Waals surface area contributed by atoms with E-state index < -0.39 is 18.0 Å². The number of ether oxygens (including phenoxy) is 1. The quantitative estimate of drug-likeness (QED) is 0.726. The standard InChI is InChI=1S/C18H19NO5/c20-16-8-6-14(7-9-16)15(10-17(21)22)11-19-18(23)24-12-13-4-2-1-3-5-13/h1-9,15,20H,10-12H2,(H,19,23)(H,21,22). The number of benzene rings is 2. The number of phenols is 1. The highest BCUT2D eigenvalue weighted by molar-refractivity contribution is 5.69. The van der Waals surface area contributed by atoms with Gasteiger partial charge in [-0.25, -0.2) is 4.79 Å². The maximum Gasteiger partial charge on any atom is 0.407 e. The lowest BCUT2D eigenvalue weighted by Gasteiger charge is -2.16. The van der Waals surface area contributed by atoms with Crippen LogP contribution in [0.5, 0.6) is 5.75 Å². The summed E-state index contributed by atoms with van der Waals surface area (Å²) in [5.41, 5.74) is 1.59. The maximum absolute atomic E-state index is 11.8. The molecular formula is C18H19NO5. The van der Waals surface area contributed by atoms with Crippen molar-refractivity contribution in [2.24, 2.45) is 0 Å². The van der Waals surface area contributed by atoms with E-state index in [-0.39, 0.29) is 25.3 Å². The molecule has 1 amide bonds. The fourth-order valence-electron chi connectivity index (χ4n) is 2.25. The zero-order chi connectivity index (χ0) is 17.4. The second kappa shape index (κ2) is 8.57. The predicted octanol–water partition coefficient (Wildman–Crippen LogP) is 2.88. The first-order chi connectivity index (χ1) is 11.5. The highest BCUT2D eigenvalue weighted by atomic mass is 16.5. The minimum atomic E-state index is -0.965. The lowest BCUT2D eigenvalue weighted by Crippen LogP contribution is -2.29. The summed E-state index contributed by atoms with van der Waals surface area (Å²) in [6.45, 7) is 0.278. The number of aliphatic carboxylic acids is 1. The zero-order valence-corrected chi connectivity index (χ0v) is 13.0. The summed E-state index contributed by atoms with van der Waals surface area (Å²) in [6, 6.07) is 15.5. The summed E-state index contributed by atoms with van der Waals surface area (Å²) >= 11 is 0. The van der Waals surface area contributed by atoms with Crippen molar-refractivity contribution in [3.05, 3.63) is 65.7 Å². The van der Waals surface area contributed by atoms with Gasteiger partial charge in [-0.2, -0.15) is 0 Å². The van der Waals surface area contributed by atoms with Crippen LogP contribution >= 0.6 is 0 Å². The van der Waals surface area contributed by atoms with Gasteiger partial charge >= 0.3 is 12.1 Å². The number of rotatable bonds is 7. The molecule has 0 radical (unpaired) electrons. The minimum Gasteiger partial charge on any atom is -0.508 e. The number of phenolic OH excluding ortho intramolecular Hbond substituents is 1. The summed E-state index contributed by atoms with van der Waals surface area (Å²) in [5.74, 6) is -1.28. The summed E-state index contributed by atoms with van der Waals surface area (Å²) in [7, 11) is 0. The third kappa shape index (κ3) is 5.64. The first-order valence-corrected chi connectivity index (χ1v) is 7.50. The predicted molar refractivity (Wildman–Crippen MR) is 87.7 cm³/mol. The van der Waals surface area contributed by atoms with E-state index in [1.807, 2.05) is 30.3 Å². The largest absolute Gasteiger partial charge is 0.508 e. The Morgan fingerprint density at radius 3 is 2.33 bits per heavy atom. The Morgan fingerprint density at radius 2 is 1.71 bits per heavy atom. The van der Waals surface area contributed by atoms with Gasteiger partial charge in [-0.3, -0.25) is 4.79 Å². The summed E-state index contributed by atoms with van der Waals surface area (Å²) in [5, 5.41) is 20.9. The Hall–Kier alpha value is -3.02. The van der Waals surface area contributed by atoms with Crippen molar-refractivity contribution in [2.45, 2.75) is 18.9 Å². The Kier molecular flexibility index (Phi) is 6.19. The number of amides is 1. The summed E-state index contributed by atoms with van der Waals surface area (Å²) < 4.78 is 5.10. The van der Waals surface area contributed by atoms with Crippen molar-refractivity contribution in [3.8, 4) is 5.75 Å². The van der Waals surface area contributed by atoms with E-state index in [0.29, 0.717) is 0 Å². The van der Waals surface area contributed by atoms with Gasteiger partial charge in [-0.1, -0.05) is 42.5 Å². The highest BCUT2D eigenvalue weighted by Crippen LogP contribution is 2.21. The van der Waals surface area contributed by atoms with E-state index in [4.69, 9.17) is 9.84 Å². The molecule has 6 heteroatoms. The molecule has 2 aromatic rings. The van der Waals surface area contributed by atoms with Crippen LogP contribution in [0.4, 0.5) is 4.79 Å². The molecular weight excluding hydrogens is 310 g/mol. The lowest BCUT2D eigenvalue weighted by molar-refractivity contribution is -0.137. The number of hydrogen-bond acceptors (Lipinski definition) is 4. The van der Waals surface area contributed by atoms with Gasteiger partial charge in [0, 0.05) is 12.5 Å². The Bertz CT molecular complexity index is 670. The molecule has 2 rings (SSSR count). The van der Waals surface area contributed by atoms with Crippen molar-refractivity contribution >= 4 is 12.1 Å². The summed E-state index contributed by atoms with van der Waals surface area (Å²) in [4.78, 5) is 22.8. The van der Waals surface area contributed by atoms with E-state index in [9.17, 15) is 14.7 Å². The molecule has 0 fully saturated rings. The molecule has 3 N–H and O–H groups in total. The van der Waals surface area contributed by atoms with Crippen LogP contribution in [0.2, 0.25) is 0 Å². The molecule has 0 aliphatic carbocycles. The van der Waals surface area contributed by atoms with Crippen LogP contribution in [0.1, 0.15) is 23.5 Å². The maximum atomic E-state index is 11.8. The number of carbonyl (C=O) groups excluding carboxylic acids is 1. The number of nitrogens with one attached hydrogen (secondary N) is 1. The molecule has 6 nitrogen and oxygen atoms in total.